The number of aryl methyl sites for hydroxylation is 1. The molecule has 2 aromatic carbocycles. The summed E-state index contributed by atoms with van der Waals surface area (Å²) in [6.45, 7) is 2.56. The van der Waals surface area contributed by atoms with E-state index in [1.54, 1.807) is 35.8 Å². The summed E-state index contributed by atoms with van der Waals surface area (Å²) in [4.78, 5) is 95.3. The number of carbonyl (C=O) groups excluding carboxylic acids is 6. The number of halogens is 1. The monoisotopic (exact) mass is 849 g/mol. The molecule has 3 atom stereocenters. The first-order valence-electron chi connectivity index (χ1n) is 21.0. The molecule has 4 aromatic rings. The van der Waals surface area contributed by atoms with Crippen LogP contribution >= 0.6 is 0 Å². The van der Waals surface area contributed by atoms with E-state index in [0.717, 1.165) is 27.6 Å². The van der Waals surface area contributed by atoms with E-state index in [0.29, 0.717) is 85.0 Å². The molecule has 17 heteroatoms. The predicted molar refractivity (Wildman–Crippen MR) is 222 cm³/mol. The van der Waals surface area contributed by atoms with Gasteiger partial charge in [0.25, 0.3) is 11.5 Å². The molecule has 324 valence electrons. The topological polar surface area (TPSA) is 216 Å². The van der Waals surface area contributed by atoms with Crippen LogP contribution < -0.4 is 32.1 Å². The number of cyclic esters (lactones) is 1. The summed E-state index contributed by atoms with van der Waals surface area (Å²) >= 11 is 0. The van der Waals surface area contributed by atoms with Crippen LogP contribution in [0.25, 0.3) is 22.3 Å². The molecule has 4 heterocycles. The smallest absolute Gasteiger partial charge is 0.313 e. The zero-order chi connectivity index (χ0) is 43.7. The Morgan fingerprint density at radius 1 is 1.03 bits per heavy atom. The minimum absolute atomic E-state index is 0.121. The highest BCUT2D eigenvalue weighted by atomic mass is 19.1. The van der Waals surface area contributed by atoms with Crippen LogP contribution in [-0.4, -0.2) is 77.0 Å². The molecule has 3 unspecified atom stereocenters. The fraction of sp³-hybridized carbons (Fsp3) is 0.422. The number of carbonyl (C=O) groups is 6. The van der Waals surface area contributed by atoms with Crippen molar-refractivity contribution in [3.63, 3.8) is 0 Å². The molecule has 5 amide bonds. The van der Waals surface area contributed by atoms with Crippen molar-refractivity contribution in [2.75, 3.05) is 19.8 Å². The number of ether oxygens (including phenoxy) is 2. The first-order chi connectivity index (χ1) is 29.9. The molecule has 4 aliphatic rings. The SMILES string of the molecule is CCC1C(=O)OCc2c1cc1n(c2=O)Cc2c-1nc1cc(F)c(C)c3c1c2C(NC(=O)C1(OCNC(=O)CNC(=O)C(Cc2ccccc2)NC(=O)CNC=O)CCCC1)CC3. The van der Waals surface area contributed by atoms with Gasteiger partial charge in [-0.2, -0.15) is 0 Å². The Morgan fingerprint density at radius 2 is 1.81 bits per heavy atom. The van der Waals surface area contributed by atoms with Crippen LogP contribution in [-0.2, 0) is 64.2 Å². The molecule has 2 aliphatic carbocycles. The third kappa shape index (κ3) is 7.92. The third-order valence-corrected chi connectivity index (χ3v) is 12.6. The van der Waals surface area contributed by atoms with Crippen molar-refractivity contribution in [3.05, 3.63) is 97.6 Å². The second kappa shape index (κ2) is 17.5. The molecule has 5 N–H and O–H groups in total. The van der Waals surface area contributed by atoms with Crippen LogP contribution in [0.5, 0.6) is 0 Å². The van der Waals surface area contributed by atoms with Gasteiger partial charge >= 0.3 is 5.97 Å². The third-order valence-electron chi connectivity index (χ3n) is 12.6. The maximum Gasteiger partial charge on any atom is 0.313 e. The summed E-state index contributed by atoms with van der Waals surface area (Å²) in [5.74, 6) is -3.52. The molecule has 16 nitrogen and oxygen atoms in total. The highest BCUT2D eigenvalue weighted by Crippen LogP contribution is 2.46. The minimum Gasteiger partial charge on any atom is -0.460 e. The number of amides is 5. The molecule has 0 radical (unpaired) electrons. The molecule has 0 spiro atoms. The van der Waals surface area contributed by atoms with Crippen molar-refractivity contribution in [1.82, 2.24) is 36.1 Å². The van der Waals surface area contributed by atoms with Gasteiger partial charge in [-0.3, -0.25) is 33.6 Å². The standard InChI is InChI=1S/C45H48FN7O9/c1-3-26-28-16-35-40-29(20-53(35)42(58)30(28)21-61-43(26)59)39-32(12-11-27-24(2)31(46)17-33(51-40)38(27)39)52-44(60)45(13-7-8-14-45)62-23-49-36(55)19-48-41(57)34(50-37(56)18-47-22-54)15-25-9-5-4-6-10-25/h4-6,9-10,16-17,22,26,32,34H,3,7-8,11-15,18-21,23H2,1-2H3,(H,47,54)(H,48,57)(H,49,55)(H,50,56)(H,52,60). The first-order valence-corrected chi connectivity index (χ1v) is 21.0. The van der Waals surface area contributed by atoms with Crippen molar-refractivity contribution in [2.45, 2.75) is 102 Å². The van der Waals surface area contributed by atoms with E-state index >= 15 is 4.39 Å². The van der Waals surface area contributed by atoms with E-state index in [1.807, 2.05) is 19.1 Å². The summed E-state index contributed by atoms with van der Waals surface area (Å²) in [5.41, 5.74) is 4.50. The Hall–Kier alpha value is -6.49. The van der Waals surface area contributed by atoms with Crippen LogP contribution in [0.4, 0.5) is 4.39 Å². The number of esters is 1. The number of fused-ring (bicyclic) bond motifs is 5. The van der Waals surface area contributed by atoms with Crippen molar-refractivity contribution in [1.29, 1.82) is 0 Å². The Bertz CT molecular complexity index is 2550. The zero-order valence-corrected chi connectivity index (χ0v) is 34.5. The summed E-state index contributed by atoms with van der Waals surface area (Å²) in [7, 11) is 0. The lowest BCUT2D eigenvalue weighted by Gasteiger charge is -2.34. The second-order valence-electron chi connectivity index (χ2n) is 16.3. The van der Waals surface area contributed by atoms with E-state index < -0.39 is 53.7 Å². The molecule has 1 fully saturated rings. The Balaban J connectivity index is 0.986. The highest BCUT2D eigenvalue weighted by Gasteiger charge is 2.45. The van der Waals surface area contributed by atoms with E-state index in [2.05, 4.69) is 26.6 Å². The molecular weight excluding hydrogens is 802 g/mol. The lowest BCUT2D eigenvalue weighted by molar-refractivity contribution is -0.150. The van der Waals surface area contributed by atoms with Gasteiger partial charge in [-0.05, 0) is 85.8 Å². The molecule has 62 heavy (non-hydrogen) atoms. The number of nitrogens with zero attached hydrogens (tertiary/aromatic N) is 2. The summed E-state index contributed by atoms with van der Waals surface area (Å²) in [6, 6.07) is 10.7. The molecule has 0 saturated heterocycles. The lowest BCUT2D eigenvalue weighted by Crippen LogP contribution is -2.52. The van der Waals surface area contributed by atoms with Gasteiger partial charge in [0.15, 0.2) is 0 Å². The number of hydrogen-bond acceptors (Lipinski definition) is 10. The van der Waals surface area contributed by atoms with Crippen molar-refractivity contribution in [2.24, 2.45) is 0 Å². The van der Waals surface area contributed by atoms with Crippen LogP contribution in [0.2, 0.25) is 0 Å². The fourth-order valence-electron chi connectivity index (χ4n) is 9.44. The largest absolute Gasteiger partial charge is 0.460 e. The molecule has 8 rings (SSSR count). The quantitative estimate of drug-likeness (QED) is 0.0590. The maximum absolute atomic E-state index is 15.4. The van der Waals surface area contributed by atoms with E-state index in [-0.39, 0.29) is 50.3 Å². The van der Waals surface area contributed by atoms with Crippen LogP contribution in [0.3, 0.4) is 0 Å². The highest BCUT2D eigenvalue weighted by molar-refractivity contribution is 5.95. The van der Waals surface area contributed by atoms with E-state index in [9.17, 15) is 33.6 Å². The predicted octanol–water partition coefficient (Wildman–Crippen LogP) is 2.52. The number of hydrogen-bond donors (Lipinski definition) is 5. The zero-order valence-electron chi connectivity index (χ0n) is 34.5. The van der Waals surface area contributed by atoms with Gasteiger partial charge in [0.2, 0.25) is 24.1 Å². The molecule has 2 aliphatic heterocycles. The maximum atomic E-state index is 15.4. The van der Waals surface area contributed by atoms with E-state index in [1.165, 1.54) is 6.07 Å². The van der Waals surface area contributed by atoms with Crippen LogP contribution in [0.15, 0.2) is 47.3 Å². The summed E-state index contributed by atoms with van der Waals surface area (Å²) in [6.07, 6.45) is 4.10. The van der Waals surface area contributed by atoms with Gasteiger partial charge in [-0.1, -0.05) is 37.3 Å². The Morgan fingerprint density at radius 3 is 2.55 bits per heavy atom. The molecule has 0 bridgehead atoms. The fourth-order valence-corrected chi connectivity index (χ4v) is 9.44. The van der Waals surface area contributed by atoms with Gasteiger partial charge in [0.05, 0.1) is 54.1 Å². The normalized spacial score (nSPS) is 18.4. The summed E-state index contributed by atoms with van der Waals surface area (Å²) in [5, 5.41) is 14.0. The van der Waals surface area contributed by atoms with Crippen molar-refractivity contribution < 1.29 is 42.6 Å². The van der Waals surface area contributed by atoms with Crippen LogP contribution in [0.1, 0.15) is 96.4 Å². The lowest BCUT2D eigenvalue weighted by atomic mass is 9.81. The molecule has 1 saturated carbocycles. The van der Waals surface area contributed by atoms with Gasteiger partial charge in [0.1, 0.15) is 30.8 Å². The average molecular weight is 850 g/mol. The first kappa shape index (κ1) is 42.2. The van der Waals surface area contributed by atoms with E-state index in [4.69, 9.17) is 14.5 Å². The van der Waals surface area contributed by atoms with Gasteiger partial charge < -0.3 is 40.6 Å². The minimum atomic E-state index is -1.27. The van der Waals surface area contributed by atoms with Gasteiger partial charge in [0, 0.05) is 23.4 Å². The van der Waals surface area contributed by atoms with Crippen molar-refractivity contribution >= 4 is 46.9 Å². The van der Waals surface area contributed by atoms with Gasteiger partial charge in [-0.25, -0.2) is 9.37 Å². The van der Waals surface area contributed by atoms with Crippen LogP contribution in [0, 0.1) is 12.7 Å². The number of pyridine rings is 2. The van der Waals surface area contributed by atoms with Gasteiger partial charge in [-0.15, -0.1) is 0 Å². The second-order valence-corrected chi connectivity index (χ2v) is 16.3. The number of rotatable bonds is 15. The molecular formula is C45H48FN7O9. The summed E-state index contributed by atoms with van der Waals surface area (Å²) < 4.78 is 28.7. The van der Waals surface area contributed by atoms with Crippen molar-refractivity contribution in [3.8, 4) is 11.4 Å². The molecule has 2 aromatic heterocycles. The Kier molecular flexibility index (Phi) is 11.9. The number of aromatic nitrogens is 2. The average Bonchev–Trinajstić information content (AvgIpc) is 3.90. The Labute approximate surface area is 355 Å². The number of nitrogens with one attached hydrogen (secondary N) is 5. The number of benzene rings is 2.